The Kier molecular flexibility index (Phi) is 5.12. The number of fused-ring (bicyclic) bond motifs is 4. The molecule has 0 saturated carbocycles. The third-order valence-electron chi connectivity index (χ3n) is 7.64. The fourth-order valence-corrected chi connectivity index (χ4v) is 6.13. The van der Waals surface area contributed by atoms with Crippen molar-refractivity contribution in [1.82, 2.24) is 10.2 Å². The van der Waals surface area contributed by atoms with Gasteiger partial charge in [-0.15, -0.1) is 0 Å². The molecule has 33 heavy (non-hydrogen) atoms. The first-order valence-corrected chi connectivity index (χ1v) is 11.7. The van der Waals surface area contributed by atoms with E-state index >= 15 is 0 Å². The van der Waals surface area contributed by atoms with E-state index < -0.39 is 23.5 Å². The van der Waals surface area contributed by atoms with Crippen LogP contribution in [0.5, 0.6) is 11.5 Å². The highest BCUT2D eigenvalue weighted by molar-refractivity contribution is 5.92. The van der Waals surface area contributed by atoms with Gasteiger partial charge in [0, 0.05) is 5.56 Å². The fourth-order valence-electron chi connectivity index (χ4n) is 6.13. The summed E-state index contributed by atoms with van der Waals surface area (Å²) in [6, 6.07) is 9.12. The topological polar surface area (TPSA) is 116 Å². The number of carbonyl (C=O) groups excluding carboxylic acids is 2. The zero-order chi connectivity index (χ0) is 23.5. The Bertz CT molecular complexity index is 1130. The van der Waals surface area contributed by atoms with Crippen molar-refractivity contribution in [2.24, 2.45) is 11.1 Å². The molecular formula is C26H31N3O4. The van der Waals surface area contributed by atoms with Gasteiger partial charge in [-0.25, -0.2) is 0 Å². The second kappa shape index (κ2) is 7.76. The van der Waals surface area contributed by atoms with E-state index in [1.807, 2.05) is 26.0 Å². The largest absolute Gasteiger partial charge is 0.504 e. The van der Waals surface area contributed by atoms with Gasteiger partial charge in [0.1, 0.15) is 6.04 Å². The SMILES string of the molecule is CC1(C)C[C@@H]2c3c(ccc(O)c3O)C[C@H](N)C(=O)N2[C@H]1C(=O)N[C@@H]1CCCc2ccccc21. The average molecular weight is 450 g/mol. The fraction of sp³-hybridized carbons (Fsp3) is 0.462. The zero-order valence-corrected chi connectivity index (χ0v) is 19.0. The maximum absolute atomic E-state index is 13.8. The first kappa shape index (κ1) is 21.8. The number of nitrogens with one attached hydrogen (secondary N) is 1. The Balaban J connectivity index is 1.53. The van der Waals surface area contributed by atoms with E-state index in [0.717, 1.165) is 30.4 Å². The summed E-state index contributed by atoms with van der Waals surface area (Å²) < 4.78 is 0. The molecule has 5 rings (SSSR count). The lowest BCUT2D eigenvalue weighted by Gasteiger charge is -2.35. The molecule has 2 aromatic carbocycles. The maximum Gasteiger partial charge on any atom is 0.243 e. The summed E-state index contributed by atoms with van der Waals surface area (Å²) in [7, 11) is 0. The molecule has 0 bridgehead atoms. The summed E-state index contributed by atoms with van der Waals surface area (Å²) >= 11 is 0. The van der Waals surface area contributed by atoms with Crippen LogP contribution in [0.2, 0.25) is 0 Å². The number of phenolic OH excluding ortho intramolecular Hbond substituents is 2. The maximum atomic E-state index is 13.8. The van der Waals surface area contributed by atoms with Gasteiger partial charge in [-0.05, 0) is 60.3 Å². The number of nitrogens with two attached hydrogens (primary N) is 1. The van der Waals surface area contributed by atoms with E-state index in [0.29, 0.717) is 12.0 Å². The van der Waals surface area contributed by atoms with E-state index in [1.165, 1.54) is 11.6 Å². The molecule has 1 saturated heterocycles. The normalized spacial score (nSPS) is 27.8. The highest BCUT2D eigenvalue weighted by Gasteiger charge is 2.55. The average Bonchev–Trinajstić information content (AvgIpc) is 3.01. The van der Waals surface area contributed by atoms with Crippen molar-refractivity contribution in [2.45, 2.75) is 70.1 Å². The molecule has 2 heterocycles. The van der Waals surface area contributed by atoms with Crippen molar-refractivity contribution in [3.63, 3.8) is 0 Å². The first-order chi connectivity index (χ1) is 15.7. The zero-order valence-electron chi connectivity index (χ0n) is 19.0. The van der Waals surface area contributed by atoms with Crippen LogP contribution in [0.3, 0.4) is 0 Å². The third-order valence-corrected chi connectivity index (χ3v) is 7.64. The van der Waals surface area contributed by atoms with Crippen LogP contribution in [-0.4, -0.2) is 39.0 Å². The highest BCUT2D eigenvalue weighted by Crippen LogP contribution is 2.53. The smallest absolute Gasteiger partial charge is 0.243 e. The Labute approximate surface area is 193 Å². The molecule has 0 unspecified atom stereocenters. The quantitative estimate of drug-likeness (QED) is 0.526. The van der Waals surface area contributed by atoms with Gasteiger partial charge in [-0.2, -0.15) is 0 Å². The van der Waals surface area contributed by atoms with Gasteiger partial charge in [0.15, 0.2) is 11.5 Å². The molecule has 1 aliphatic carbocycles. The standard InChI is InChI=1S/C26H31N3O4/c1-26(2)13-19-21-15(10-11-20(30)22(21)31)12-17(27)25(33)29(19)23(26)24(32)28-18-9-5-7-14-6-3-4-8-16(14)18/h3-4,6,8,10-11,17-19,23,30-31H,5,7,9,12-13,27H2,1-2H3,(H,28,32)/t17-,18+,19+,23-/m0/s1. The van der Waals surface area contributed by atoms with Gasteiger partial charge >= 0.3 is 0 Å². The van der Waals surface area contributed by atoms with E-state index in [9.17, 15) is 19.8 Å². The number of hydrogen-bond acceptors (Lipinski definition) is 5. The van der Waals surface area contributed by atoms with E-state index in [2.05, 4.69) is 17.4 Å². The van der Waals surface area contributed by atoms with Crippen molar-refractivity contribution < 1.29 is 19.8 Å². The first-order valence-electron chi connectivity index (χ1n) is 11.7. The van der Waals surface area contributed by atoms with E-state index in [4.69, 9.17) is 5.73 Å². The predicted octanol–water partition coefficient (Wildman–Crippen LogP) is 2.84. The summed E-state index contributed by atoms with van der Waals surface area (Å²) in [5.74, 6) is -0.971. The van der Waals surface area contributed by atoms with Gasteiger partial charge in [0.05, 0.1) is 18.1 Å². The van der Waals surface area contributed by atoms with Crippen LogP contribution in [0, 0.1) is 5.41 Å². The van der Waals surface area contributed by atoms with Crippen LogP contribution in [0.25, 0.3) is 0 Å². The molecule has 7 heteroatoms. The van der Waals surface area contributed by atoms with Crippen LogP contribution in [0.4, 0.5) is 0 Å². The molecule has 0 aromatic heterocycles. The Morgan fingerprint density at radius 2 is 1.91 bits per heavy atom. The number of nitrogens with zero attached hydrogens (tertiary/aromatic N) is 1. The molecule has 1 fully saturated rings. The monoisotopic (exact) mass is 449 g/mol. The summed E-state index contributed by atoms with van der Waals surface area (Å²) in [5, 5.41) is 24.1. The van der Waals surface area contributed by atoms with Crippen LogP contribution in [0.1, 0.15) is 67.4 Å². The van der Waals surface area contributed by atoms with Crippen molar-refractivity contribution in [3.8, 4) is 11.5 Å². The molecular weight excluding hydrogens is 418 g/mol. The number of carbonyl (C=O) groups is 2. The number of aromatic hydroxyl groups is 2. The van der Waals surface area contributed by atoms with Gasteiger partial charge in [0.2, 0.25) is 11.8 Å². The van der Waals surface area contributed by atoms with Crippen molar-refractivity contribution in [2.75, 3.05) is 0 Å². The molecule has 2 aliphatic heterocycles. The molecule has 0 radical (unpaired) electrons. The number of amides is 2. The Morgan fingerprint density at radius 1 is 1.15 bits per heavy atom. The van der Waals surface area contributed by atoms with Crippen molar-refractivity contribution in [3.05, 3.63) is 58.7 Å². The highest BCUT2D eigenvalue weighted by atomic mass is 16.3. The van der Waals surface area contributed by atoms with Gasteiger partial charge < -0.3 is 26.2 Å². The minimum Gasteiger partial charge on any atom is -0.504 e. The number of aryl methyl sites for hydroxylation is 1. The number of rotatable bonds is 2. The number of phenols is 2. The summed E-state index contributed by atoms with van der Waals surface area (Å²) in [4.78, 5) is 28.8. The molecule has 7 nitrogen and oxygen atoms in total. The Hall–Kier alpha value is -3.06. The van der Waals surface area contributed by atoms with Crippen LogP contribution >= 0.6 is 0 Å². The molecule has 5 N–H and O–H groups in total. The van der Waals surface area contributed by atoms with Crippen LogP contribution < -0.4 is 11.1 Å². The van der Waals surface area contributed by atoms with E-state index in [1.54, 1.807) is 11.0 Å². The minimum absolute atomic E-state index is 0.0993. The lowest BCUT2D eigenvalue weighted by atomic mass is 9.80. The van der Waals surface area contributed by atoms with E-state index in [-0.39, 0.29) is 35.8 Å². The van der Waals surface area contributed by atoms with Crippen molar-refractivity contribution >= 4 is 11.8 Å². The summed E-state index contributed by atoms with van der Waals surface area (Å²) in [6.45, 7) is 3.94. The van der Waals surface area contributed by atoms with Crippen molar-refractivity contribution in [1.29, 1.82) is 0 Å². The van der Waals surface area contributed by atoms with Crippen LogP contribution in [-0.2, 0) is 22.4 Å². The molecule has 2 amide bonds. The second-order valence-electron chi connectivity index (χ2n) is 10.3. The number of benzene rings is 2. The van der Waals surface area contributed by atoms with Crippen LogP contribution in [0.15, 0.2) is 36.4 Å². The lowest BCUT2D eigenvalue weighted by molar-refractivity contribution is -0.143. The minimum atomic E-state index is -0.822. The summed E-state index contributed by atoms with van der Waals surface area (Å²) in [6.07, 6.45) is 3.57. The molecule has 174 valence electrons. The molecule has 3 aliphatic rings. The second-order valence-corrected chi connectivity index (χ2v) is 10.3. The van der Waals surface area contributed by atoms with Gasteiger partial charge in [-0.1, -0.05) is 44.2 Å². The summed E-state index contributed by atoms with van der Waals surface area (Å²) in [5.41, 5.74) is 9.34. The number of hydrogen-bond donors (Lipinski definition) is 4. The lowest BCUT2D eigenvalue weighted by Crippen LogP contribution is -2.55. The van der Waals surface area contributed by atoms with Gasteiger partial charge in [0.25, 0.3) is 0 Å². The molecule has 0 spiro atoms. The molecule has 4 atom stereocenters. The predicted molar refractivity (Wildman–Crippen MR) is 123 cm³/mol. The van der Waals surface area contributed by atoms with Gasteiger partial charge in [-0.3, -0.25) is 9.59 Å². The molecule has 2 aromatic rings. The third kappa shape index (κ3) is 3.46. The Morgan fingerprint density at radius 3 is 2.70 bits per heavy atom.